The average Bonchev–Trinajstić information content (AvgIpc) is 2.32. The Morgan fingerprint density at radius 2 is 1.74 bits per heavy atom. The zero-order chi connectivity index (χ0) is 14.0. The Bertz CT molecular complexity index is 445. The highest BCUT2D eigenvalue weighted by atomic mass is 32.1. The minimum atomic E-state index is 0.224. The Balaban J connectivity index is 2.08. The highest BCUT2D eigenvalue weighted by Crippen LogP contribution is 2.21. The van der Waals surface area contributed by atoms with E-state index in [2.05, 4.69) is 56.1 Å². The van der Waals surface area contributed by atoms with E-state index in [0.717, 1.165) is 23.9 Å². The first-order chi connectivity index (χ1) is 8.97. The summed E-state index contributed by atoms with van der Waals surface area (Å²) in [6, 6.07) is 6.27. The van der Waals surface area contributed by atoms with Gasteiger partial charge < -0.3 is 15.0 Å². The van der Waals surface area contributed by atoms with Crippen LogP contribution >= 0.6 is 12.2 Å². The number of nitrogens with one attached hydrogen (secondary N) is 1. The smallest absolute Gasteiger partial charge is 0.173 e. The second-order valence-corrected chi connectivity index (χ2v) is 5.75. The lowest BCUT2D eigenvalue weighted by atomic mass is 10.1. The van der Waals surface area contributed by atoms with Gasteiger partial charge in [-0.25, -0.2) is 0 Å². The van der Waals surface area contributed by atoms with Crippen LogP contribution in [0.1, 0.15) is 25.0 Å². The van der Waals surface area contributed by atoms with Crippen molar-refractivity contribution < 1.29 is 4.74 Å². The zero-order valence-electron chi connectivity index (χ0n) is 12.1. The Morgan fingerprint density at radius 3 is 2.26 bits per heavy atom. The molecule has 2 atom stereocenters. The number of rotatable bonds is 1. The molecule has 1 heterocycles. The number of para-hydroxylation sites is 1. The third-order valence-corrected chi connectivity index (χ3v) is 3.78. The first kappa shape index (κ1) is 14.3. The van der Waals surface area contributed by atoms with Crippen LogP contribution in [0.3, 0.4) is 0 Å². The molecule has 0 unspecified atom stereocenters. The lowest BCUT2D eigenvalue weighted by Crippen LogP contribution is -2.49. The predicted octanol–water partition coefficient (Wildman–Crippen LogP) is 3.11. The molecule has 0 aromatic heterocycles. The molecule has 1 N–H and O–H groups in total. The van der Waals surface area contributed by atoms with E-state index < -0.39 is 0 Å². The van der Waals surface area contributed by atoms with Crippen molar-refractivity contribution in [1.82, 2.24) is 4.90 Å². The van der Waals surface area contributed by atoms with Gasteiger partial charge in [-0.2, -0.15) is 0 Å². The van der Waals surface area contributed by atoms with Crippen molar-refractivity contribution in [3.63, 3.8) is 0 Å². The van der Waals surface area contributed by atoms with Gasteiger partial charge in [-0.1, -0.05) is 18.2 Å². The second-order valence-electron chi connectivity index (χ2n) is 5.36. The Hall–Kier alpha value is -1.13. The van der Waals surface area contributed by atoms with Gasteiger partial charge in [-0.15, -0.1) is 0 Å². The normalized spacial score (nSPS) is 23.3. The number of ether oxygens (including phenoxy) is 1. The third-order valence-electron chi connectivity index (χ3n) is 3.42. The first-order valence-electron chi connectivity index (χ1n) is 6.75. The maximum absolute atomic E-state index is 5.74. The number of morpholine rings is 1. The molecule has 1 aromatic rings. The van der Waals surface area contributed by atoms with Crippen molar-refractivity contribution in [2.24, 2.45) is 0 Å². The van der Waals surface area contributed by atoms with Crippen LogP contribution in [0.5, 0.6) is 0 Å². The number of hydrogen-bond acceptors (Lipinski definition) is 2. The van der Waals surface area contributed by atoms with Crippen LogP contribution in [-0.4, -0.2) is 35.3 Å². The van der Waals surface area contributed by atoms with E-state index in [-0.39, 0.29) is 12.2 Å². The van der Waals surface area contributed by atoms with Gasteiger partial charge in [0.1, 0.15) is 0 Å². The molecular weight excluding hydrogens is 256 g/mol. The Labute approximate surface area is 120 Å². The molecule has 0 radical (unpaired) electrons. The molecular formula is C15H22N2OS. The molecule has 1 aromatic carbocycles. The molecule has 0 saturated carbocycles. The van der Waals surface area contributed by atoms with Crippen LogP contribution in [0.2, 0.25) is 0 Å². The standard InChI is InChI=1S/C15H22N2OS/c1-10-6-5-7-11(2)14(10)16-15(19)17-8-12(3)18-13(4)9-17/h5-7,12-13H,8-9H2,1-4H3,(H,16,19)/t12-,13+. The average molecular weight is 278 g/mol. The molecule has 0 aliphatic carbocycles. The van der Waals surface area contributed by atoms with Crippen LogP contribution in [0.15, 0.2) is 18.2 Å². The molecule has 2 rings (SSSR count). The maximum Gasteiger partial charge on any atom is 0.173 e. The van der Waals surface area contributed by atoms with Crippen molar-refractivity contribution in [2.45, 2.75) is 39.9 Å². The van der Waals surface area contributed by atoms with E-state index in [1.807, 2.05) is 0 Å². The summed E-state index contributed by atoms with van der Waals surface area (Å²) in [6.07, 6.45) is 0.447. The van der Waals surface area contributed by atoms with Gasteiger partial charge in [0.15, 0.2) is 5.11 Å². The summed E-state index contributed by atoms with van der Waals surface area (Å²) < 4.78 is 5.74. The molecule has 4 heteroatoms. The topological polar surface area (TPSA) is 24.5 Å². The fourth-order valence-electron chi connectivity index (χ4n) is 2.54. The monoisotopic (exact) mass is 278 g/mol. The van der Waals surface area contributed by atoms with Gasteiger partial charge in [-0.05, 0) is 51.0 Å². The van der Waals surface area contributed by atoms with Crippen molar-refractivity contribution >= 4 is 23.0 Å². The number of hydrogen-bond donors (Lipinski definition) is 1. The third kappa shape index (κ3) is 3.45. The summed E-state index contributed by atoms with van der Waals surface area (Å²) in [4.78, 5) is 2.19. The van der Waals surface area contributed by atoms with Crippen molar-refractivity contribution in [3.8, 4) is 0 Å². The van der Waals surface area contributed by atoms with Crippen molar-refractivity contribution in [1.29, 1.82) is 0 Å². The number of anilines is 1. The highest BCUT2D eigenvalue weighted by Gasteiger charge is 2.24. The van der Waals surface area contributed by atoms with Gasteiger partial charge >= 0.3 is 0 Å². The molecule has 0 spiro atoms. The summed E-state index contributed by atoms with van der Waals surface area (Å²) in [5.41, 5.74) is 3.56. The fourth-order valence-corrected chi connectivity index (χ4v) is 2.79. The van der Waals surface area contributed by atoms with Crippen LogP contribution in [0.4, 0.5) is 5.69 Å². The summed E-state index contributed by atoms with van der Waals surface area (Å²) >= 11 is 5.54. The Morgan fingerprint density at radius 1 is 1.21 bits per heavy atom. The summed E-state index contributed by atoms with van der Waals surface area (Å²) in [5.74, 6) is 0. The van der Waals surface area contributed by atoms with E-state index in [1.54, 1.807) is 0 Å². The van der Waals surface area contributed by atoms with Crippen LogP contribution < -0.4 is 5.32 Å². The molecule has 1 saturated heterocycles. The van der Waals surface area contributed by atoms with Crippen LogP contribution in [0.25, 0.3) is 0 Å². The maximum atomic E-state index is 5.74. The molecule has 1 fully saturated rings. The minimum Gasteiger partial charge on any atom is -0.372 e. The fraction of sp³-hybridized carbons (Fsp3) is 0.533. The highest BCUT2D eigenvalue weighted by molar-refractivity contribution is 7.80. The quantitative estimate of drug-likeness (QED) is 0.798. The molecule has 104 valence electrons. The predicted molar refractivity (Wildman–Crippen MR) is 83.7 cm³/mol. The lowest BCUT2D eigenvalue weighted by Gasteiger charge is -2.37. The van der Waals surface area contributed by atoms with Gasteiger partial charge in [-0.3, -0.25) is 0 Å². The van der Waals surface area contributed by atoms with Gasteiger partial charge in [0.25, 0.3) is 0 Å². The largest absolute Gasteiger partial charge is 0.372 e. The summed E-state index contributed by atoms with van der Waals surface area (Å²) in [7, 11) is 0. The van der Waals surface area contributed by atoms with E-state index in [0.29, 0.717) is 0 Å². The van der Waals surface area contributed by atoms with E-state index in [9.17, 15) is 0 Å². The number of aryl methyl sites for hydroxylation is 2. The number of thiocarbonyl (C=S) groups is 1. The number of benzene rings is 1. The van der Waals surface area contributed by atoms with E-state index in [4.69, 9.17) is 17.0 Å². The van der Waals surface area contributed by atoms with Gasteiger partial charge in [0, 0.05) is 18.8 Å². The van der Waals surface area contributed by atoms with Crippen LogP contribution in [0, 0.1) is 13.8 Å². The van der Waals surface area contributed by atoms with E-state index >= 15 is 0 Å². The van der Waals surface area contributed by atoms with Crippen LogP contribution in [-0.2, 0) is 4.74 Å². The molecule has 1 aliphatic rings. The number of nitrogens with zero attached hydrogens (tertiary/aromatic N) is 1. The lowest BCUT2D eigenvalue weighted by molar-refractivity contribution is -0.0473. The molecule has 19 heavy (non-hydrogen) atoms. The van der Waals surface area contributed by atoms with E-state index in [1.165, 1.54) is 11.1 Å². The van der Waals surface area contributed by atoms with Gasteiger partial charge in [0.2, 0.25) is 0 Å². The SMILES string of the molecule is Cc1cccc(C)c1NC(=S)N1C[C@@H](C)O[C@@H](C)C1. The second kappa shape index (κ2) is 5.88. The molecule has 0 bridgehead atoms. The Kier molecular flexibility index (Phi) is 4.42. The molecule has 0 amide bonds. The summed E-state index contributed by atoms with van der Waals surface area (Å²) in [5, 5.41) is 4.18. The molecule has 1 aliphatic heterocycles. The van der Waals surface area contributed by atoms with Crippen molar-refractivity contribution in [3.05, 3.63) is 29.3 Å². The van der Waals surface area contributed by atoms with Gasteiger partial charge in [0.05, 0.1) is 12.2 Å². The van der Waals surface area contributed by atoms with Crippen molar-refractivity contribution in [2.75, 3.05) is 18.4 Å². The first-order valence-corrected chi connectivity index (χ1v) is 7.16. The zero-order valence-corrected chi connectivity index (χ0v) is 12.9. The molecule has 3 nitrogen and oxygen atoms in total. The summed E-state index contributed by atoms with van der Waals surface area (Å²) in [6.45, 7) is 10.1. The minimum absolute atomic E-state index is 0.224.